The maximum absolute atomic E-state index is 9.90. The largest absolute Gasteiger partial charge is 0.299 e. The lowest BCUT2D eigenvalue weighted by Crippen LogP contribution is -1.68. The predicted molar refractivity (Wildman–Crippen MR) is 58.0 cm³/mol. The third-order valence-electron chi connectivity index (χ3n) is 1.60. The Morgan fingerprint density at radius 1 is 0.571 bits per heavy atom. The van der Waals surface area contributed by atoms with Crippen molar-refractivity contribution in [3.63, 3.8) is 0 Å². The van der Waals surface area contributed by atoms with E-state index in [2.05, 4.69) is 12.2 Å². The molecule has 0 bridgehead atoms. The van der Waals surface area contributed by atoms with E-state index < -0.39 is 0 Å². The highest BCUT2D eigenvalue weighted by atomic mass is 16.1. The molecule has 0 saturated carbocycles. The number of aldehydes is 2. The first-order valence-electron chi connectivity index (χ1n) is 4.77. The zero-order chi connectivity index (χ0) is 10.5. The minimum atomic E-state index is 0.786. The van der Waals surface area contributed by atoms with Crippen molar-refractivity contribution < 1.29 is 9.59 Å². The summed E-state index contributed by atoms with van der Waals surface area (Å²) in [4.78, 5) is 19.8. The summed E-state index contributed by atoms with van der Waals surface area (Å²) in [5.74, 6) is 0. The van der Waals surface area contributed by atoms with Crippen molar-refractivity contribution in [1.82, 2.24) is 0 Å². The van der Waals surface area contributed by atoms with Crippen LogP contribution in [0.25, 0.3) is 0 Å². The summed E-state index contributed by atoms with van der Waals surface area (Å²) in [5.41, 5.74) is 0. The van der Waals surface area contributed by atoms with Crippen LogP contribution in [0.2, 0.25) is 0 Å². The molecule has 0 amide bonds. The molecule has 14 heavy (non-hydrogen) atoms. The Morgan fingerprint density at radius 3 is 1.29 bits per heavy atom. The van der Waals surface area contributed by atoms with Crippen molar-refractivity contribution in [1.29, 1.82) is 0 Å². The Labute approximate surface area is 85.0 Å². The van der Waals surface area contributed by atoms with E-state index in [1.54, 1.807) is 0 Å². The van der Waals surface area contributed by atoms with Crippen LogP contribution < -0.4 is 0 Å². The van der Waals surface area contributed by atoms with E-state index in [9.17, 15) is 9.59 Å². The van der Waals surface area contributed by atoms with E-state index >= 15 is 0 Å². The molecule has 2 heteroatoms. The summed E-state index contributed by atoms with van der Waals surface area (Å²) in [6, 6.07) is 0. The molecule has 0 spiro atoms. The van der Waals surface area contributed by atoms with E-state index in [0.717, 1.165) is 38.3 Å². The average molecular weight is 192 g/mol. The third-order valence-corrected chi connectivity index (χ3v) is 1.60. The smallest absolute Gasteiger partial charge is 0.142 e. The lowest BCUT2D eigenvalue weighted by Gasteiger charge is -1.86. The molecule has 0 heterocycles. The van der Waals surface area contributed by atoms with Gasteiger partial charge in [-0.2, -0.15) is 0 Å². The summed E-state index contributed by atoms with van der Waals surface area (Å²) in [6.45, 7) is 0. The fraction of sp³-hybridized carbons (Fsp3) is 0.333. The lowest BCUT2D eigenvalue weighted by molar-refractivity contribution is -0.104. The minimum Gasteiger partial charge on any atom is -0.299 e. The summed E-state index contributed by atoms with van der Waals surface area (Å²) < 4.78 is 0. The maximum atomic E-state index is 9.90. The van der Waals surface area contributed by atoms with Crippen LogP contribution >= 0.6 is 0 Å². The van der Waals surface area contributed by atoms with Gasteiger partial charge >= 0.3 is 0 Å². The first-order chi connectivity index (χ1) is 6.91. The molecule has 0 unspecified atom stereocenters. The van der Waals surface area contributed by atoms with Gasteiger partial charge in [-0.3, -0.25) is 9.59 Å². The van der Waals surface area contributed by atoms with Gasteiger partial charge in [0.15, 0.2) is 0 Å². The average Bonchev–Trinajstić information content (AvgIpc) is 2.21. The van der Waals surface area contributed by atoms with Gasteiger partial charge in [-0.05, 0) is 37.8 Å². The summed E-state index contributed by atoms with van der Waals surface area (Å²) in [7, 11) is 0. The fourth-order valence-electron chi connectivity index (χ4n) is 0.924. The van der Waals surface area contributed by atoms with Gasteiger partial charge < -0.3 is 0 Å². The van der Waals surface area contributed by atoms with E-state index in [1.807, 2.05) is 12.2 Å². The van der Waals surface area contributed by atoms with Crippen LogP contribution in [-0.2, 0) is 9.59 Å². The Bertz CT molecular complexity index is 200. The van der Waals surface area contributed by atoms with Crippen molar-refractivity contribution >= 4 is 12.6 Å². The van der Waals surface area contributed by atoms with Crippen LogP contribution in [0, 0.1) is 0 Å². The summed E-state index contributed by atoms with van der Waals surface area (Å²) in [6.07, 6.45) is 16.2. The Hall–Kier alpha value is -1.44. The first-order valence-corrected chi connectivity index (χ1v) is 4.77. The number of allylic oxidation sites excluding steroid dienone is 6. The number of unbranched alkanes of at least 4 members (excludes halogenated alkanes) is 2. The Kier molecular flexibility index (Phi) is 10.4. The van der Waals surface area contributed by atoms with Crippen LogP contribution in [0.15, 0.2) is 36.5 Å². The van der Waals surface area contributed by atoms with Crippen LogP contribution in [0.4, 0.5) is 0 Å². The second kappa shape index (κ2) is 11.6. The molecule has 0 aromatic carbocycles. The SMILES string of the molecule is O=C/C=C/CCC=CCC/C=C/C=O. The van der Waals surface area contributed by atoms with Gasteiger partial charge in [0.1, 0.15) is 12.6 Å². The molecule has 76 valence electrons. The standard InChI is InChI=1S/C12H16O2/c13-11-9-7-5-3-1-2-4-6-8-10-12-14/h1-2,7-12H,3-6H2/b2-1?,9-7+,10-8+. The van der Waals surface area contributed by atoms with E-state index in [0.29, 0.717) is 0 Å². The molecule has 0 atom stereocenters. The second-order valence-corrected chi connectivity index (χ2v) is 2.75. The van der Waals surface area contributed by atoms with Crippen molar-refractivity contribution in [2.75, 3.05) is 0 Å². The molecule has 0 aromatic rings. The first kappa shape index (κ1) is 12.6. The molecule has 0 N–H and O–H groups in total. The van der Waals surface area contributed by atoms with E-state index in [-0.39, 0.29) is 0 Å². The van der Waals surface area contributed by atoms with Gasteiger partial charge in [-0.1, -0.05) is 24.3 Å². The number of hydrogen-bond acceptors (Lipinski definition) is 2. The number of carbonyl (C=O) groups excluding carboxylic acids is 2. The topological polar surface area (TPSA) is 34.1 Å². The van der Waals surface area contributed by atoms with Crippen molar-refractivity contribution in [3.05, 3.63) is 36.5 Å². The second-order valence-electron chi connectivity index (χ2n) is 2.75. The van der Waals surface area contributed by atoms with Crippen molar-refractivity contribution in [2.24, 2.45) is 0 Å². The van der Waals surface area contributed by atoms with Gasteiger partial charge in [-0.15, -0.1) is 0 Å². The highest BCUT2D eigenvalue weighted by Gasteiger charge is 1.78. The Morgan fingerprint density at radius 2 is 0.929 bits per heavy atom. The zero-order valence-corrected chi connectivity index (χ0v) is 8.26. The van der Waals surface area contributed by atoms with Gasteiger partial charge in [0, 0.05) is 0 Å². The van der Waals surface area contributed by atoms with Gasteiger partial charge in [0.05, 0.1) is 0 Å². The molecule has 0 aliphatic rings. The molecular formula is C12H16O2. The molecule has 0 aromatic heterocycles. The zero-order valence-electron chi connectivity index (χ0n) is 8.26. The van der Waals surface area contributed by atoms with Crippen LogP contribution in [-0.4, -0.2) is 12.6 Å². The molecule has 0 saturated heterocycles. The molecular weight excluding hydrogens is 176 g/mol. The summed E-state index contributed by atoms with van der Waals surface area (Å²) in [5, 5.41) is 0. The number of hydrogen-bond donors (Lipinski definition) is 0. The molecule has 0 aliphatic heterocycles. The lowest BCUT2D eigenvalue weighted by atomic mass is 10.2. The maximum Gasteiger partial charge on any atom is 0.142 e. The highest BCUT2D eigenvalue weighted by molar-refractivity contribution is 5.64. The number of carbonyl (C=O) groups is 2. The molecule has 0 fully saturated rings. The third kappa shape index (κ3) is 10.6. The molecule has 0 radical (unpaired) electrons. The van der Waals surface area contributed by atoms with E-state index in [1.165, 1.54) is 12.2 Å². The monoisotopic (exact) mass is 192 g/mol. The van der Waals surface area contributed by atoms with Gasteiger partial charge in [0.2, 0.25) is 0 Å². The quantitative estimate of drug-likeness (QED) is 0.256. The molecule has 0 rings (SSSR count). The minimum absolute atomic E-state index is 0.786. The van der Waals surface area contributed by atoms with Crippen LogP contribution in [0.5, 0.6) is 0 Å². The van der Waals surface area contributed by atoms with Crippen LogP contribution in [0.1, 0.15) is 25.7 Å². The summed E-state index contributed by atoms with van der Waals surface area (Å²) >= 11 is 0. The highest BCUT2D eigenvalue weighted by Crippen LogP contribution is 1.97. The molecule has 0 aliphatic carbocycles. The van der Waals surface area contributed by atoms with E-state index in [4.69, 9.17) is 0 Å². The predicted octanol–water partition coefficient (Wildman–Crippen LogP) is 2.61. The number of rotatable bonds is 8. The Balaban J connectivity index is 3.27. The fourth-order valence-corrected chi connectivity index (χ4v) is 0.924. The molecule has 2 nitrogen and oxygen atoms in total. The van der Waals surface area contributed by atoms with Gasteiger partial charge in [-0.25, -0.2) is 0 Å². The van der Waals surface area contributed by atoms with Crippen molar-refractivity contribution in [2.45, 2.75) is 25.7 Å². The van der Waals surface area contributed by atoms with Crippen molar-refractivity contribution in [3.8, 4) is 0 Å². The van der Waals surface area contributed by atoms with Gasteiger partial charge in [0.25, 0.3) is 0 Å². The van der Waals surface area contributed by atoms with Crippen LogP contribution in [0.3, 0.4) is 0 Å². The normalized spacial score (nSPS) is 11.7.